The molecule has 0 aliphatic rings. The number of alkyl halides is 1. The van der Waals surface area contributed by atoms with Gasteiger partial charge in [0.15, 0.2) is 0 Å². The standard InChI is InChI=1S/C9H12ClNO/c10-8(4-3-7-12)9-5-1-2-6-11-9/h1-2,5-6,8,12H,3-4,7H2. The van der Waals surface area contributed by atoms with Crippen molar-refractivity contribution in [3.05, 3.63) is 30.1 Å². The van der Waals surface area contributed by atoms with Gasteiger partial charge in [0.2, 0.25) is 0 Å². The molecule has 0 radical (unpaired) electrons. The van der Waals surface area contributed by atoms with Crippen molar-refractivity contribution >= 4 is 11.6 Å². The third-order valence-electron chi connectivity index (χ3n) is 1.62. The van der Waals surface area contributed by atoms with Gasteiger partial charge in [0.1, 0.15) is 0 Å². The SMILES string of the molecule is OCCCC(Cl)c1ccccn1. The zero-order valence-electron chi connectivity index (χ0n) is 6.78. The van der Waals surface area contributed by atoms with Crippen LogP contribution in [0.1, 0.15) is 23.9 Å². The van der Waals surface area contributed by atoms with E-state index in [0.29, 0.717) is 0 Å². The lowest BCUT2D eigenvalue weighted by Crippen LogP contribution is -1.95. The number of hydrogen-bond acceptors (Lipinski definition) is 2. The monoisotopic (exact) mass is 185 g/mol. The van der Waals surface area contributed by atoms with E-state index in [-0.39, 0.29) is 12.0 Å². The smallest absolute Gasteiger partial charge is 0.0758 e. The normalized spacial score (nSPS) is 12.8. The van der Waals surface area contributed by atoms with E-state index in [2.05, 4.69) is 4.98 Å². The van der Waals surface area contributed by atoms with Crippen LogP contribution in [0.4, 0.5) is 0 Å². The van der Waals surface area contributed by atoms with Crippen molar-refractivity contribution < 1.29 is 5.11 Å². The largest absolute Gasteiger partial charge is 0.396 e. The van der Waals surface area contributed by atoms with Gasteiger partial charge in [-0.3, -0.25) is 4.98 Å². The molecule has 1 aromatic heterocycles. The lowest BCUT2D eigenvalue weighted by molar-refractivity contribution is 0.283. The number of aliphatic hydroxyl groups is 1. The third-order valence-corrected chi connectivity index (χ3v) is 2.07. The van der Waals surface area contributed by atoms with Crippen molar-refractivity contribution in [1.82, 2.24) is 4.98 Å². The van der Waals surface area contributed by atoms with Gasteiger partial charge in [-0.15, -0.1) is 11.6 Å². The molecule has 1 aromatic rings. The quantitative estimate of drug-likeness (QED) is 0.730. The lowest BCUT2D eigenvalue weighted by atomic mass is 10.2. The Morgan fingerprint density at radius 3 is 2.92 bits per heavy atom. The second kappa shape index (κ2) is 5.12. The zero-order valence-corrected chi connectivity index (χ0v) is 7.54. The van der Waals surface area contributed by atoms with Crippen LogP contribution in [0.2, 0.25) is 0 Å². The summed E-state index contributed by atoms with van der Waals surface area (Å²) in [5, 5.41) is 8.51. The van der Waals surface area contributed by atoms with Crippen LogP contribution in [0.15, 0.2) is 24.4 Å². The van der Waals surface area contributed by atoms with Gasteiger partial charge in [-0.25, -0.2) is 0 Å². The minimum Gasteiger partial charge on any atom is -0.396 e. The highest BCUT2D eigenvalue weighted by atomic mass is 35.5. The van der Waals surface area contributed by atoms with Gasteiger partial charge in [-0.05, 0) is 25.0 Å². The van der Waals surface area contributed by atoms with E-state index < -0.39 is 0 Å². The van der Waals surface area contributed by atoms with E-state index >= 15 is 0 Å². The summed E-state index contributed by atoms with van der Waals surface area (Å²) in [4.78, 5) is 4.12. The average molecular weight is 186 g/mol. The van der Waals surface area contributed by atoms with E-state index in [9.17, 15) is 0 Å². The molecule has 0 amide bonds. The Hall–Kier alpha value is -0.600. The zero-order chi connectivity index (χ0) is 8.81. The Balaban J connectivity index is 2.48. The molecule has 12 heavy (non-hydrogen) atoms. The first-order chi connectivity index (χ1) is 5.84. The summed E-state index contributed by atoms with van der Waals surface area (Å²) >= 11 is 6.01. The summed E-state index contributed by atoms with van der Waals surface area (Å²) in [7, 11) is 0. The molecule has 3 heteroatoms. The number of halogens is 1. The maximum atomic E-state index is 8.58. The van der Waals surface area contributed by atoms with Crippen molar-refractivity contribution in [3.63, 3.8) is 0 Å². The molecule has 0 bridgehead atoms. The van der Waals surface area contributed by atoms with Crippen molar-refractivity contribution in [2.24, 2.45) is 0 Å². The molecule has 0 saturated heterocycles. The number of pyridine rings is 1. The number of aromatic nitrogens is 1. The maximum absolute atomic E-state index is 8.58. The number of aliphatic hydroxyl groups excluding tert-OH is 1. The third kappa shape index (κ3) is 2.80. The average Bonchev–Trinajstić information content (AvgIpc) is 2.15. The van der Waals surface area contributed by atoms with Gasteiger partial charge in [-0.1, -0.05) is 6.07 Å². The predicted molar refractivity (Wildman–Crippen MR) is 49.2 cm³/mol. The highest BCUT2D eigenvalue weighted by Gasteiger charge is 2.06. The fourth-order valence-corrected chi connectivity index (χ4v) is 1.26. The molecule has 1 atom stereocenters. The summed E-state index contributed by atoms with van der Waals surface area (Å²) in [6, 6.07) is 5.67. The highest BCUT2D eigenvalue weighted by Crippen LogP contribution is 2.22. The highest BCUT2D eigenvalue weighted by molar-refractivity contribution is 6.20. The van der Waals surface area contributed by atoms with E-state index in [1.165, 1.54) is 0 Å². The fraction of sp³-hybridized carbons (Fsp3) is 0.444. The summed E-state index contributed by atoms with van der Waals surface area (Å²) in [6.45, 7) is 0.191. The van der Waals surface area contributed by atoms with Crippen molar-refractivity contribution in [2.75, 3.05) is 6.61 Å². The molecule has 2 nitrogen and oxygen atoms in total. The van der Waals surface area contributed by atoms with Gasteiger partial charge >= 0.3 is 0 Å². The van der Waals surface area contributed by atoms with Crippen molar-refractivity contribution in [3.8, 4) is 0 Å². The molecule has 1 unspecified atom stereocenters. The Morgan fingerprint density at radius 2 is 2.33 bits per heavy atom. The van der Waals surface area contributed by atoms with Gasteiger partial charge in [0, 0.05) is 12.8 Å². The summed E-state index contributed by atoms with van der Waals surface area (Å²) in [5.74, 6) is 0. The Kier molecular flexibility index (Phi) is 4.05. The van der Waals surface area contributed by atoms with Crippen LogP contribution in [0, 0.1) is 0 Å². The molecule has 0 saturated carbocycles. The Bertz CT molecular complexity index is 215. The maximum Gasteiger partial charge on any atom is 0.0758 e. The molecule has 0 aromatic carbocycles. The summed E-state index contributed by atoms with van der Waals surface area (Å²) < 4.78 is 0. The van der Waals surface area contributed by atoms with Crippen LogP contribution >= 0.6 is 11.6 Å². The first kappa shape index (κ1) is 9.49. The van der Waals surface area contributed by atoms with Gasteiger partial charge in [0.05, 0.1) is 11.1 Å². The Morgan fingerprint density at radius 1 is 1.50 bits per heavy atom. The van der Waals surface area contributed by atoms with Crippen LogP contribution in [0.25, 0.3) is 0 Å². The summed E-state index contributed by atoms with van der Waals surface area (Å²) in [5.41, 5.74) is 0.882. The van der Waals surface area contributed by atoms with Crippen molar-refractivity contribution in [1.29, 1.82) is 0 Å². The van der Waals surface area contributed by atoms with Gasteiger partial charge in [-0.2, -0.15) is 0 Å². The van der Waals surface area contributed by atoms with E-state index in [4.69, 9.17) is 16.7 Å². The predicted octanol–water partition coefficient (Wildman–Crippen LogP) is 2.13. The van der Waals surface area contributed by atoms with E-state index in [1.54, 1.807) is 6.20 Å². The second-order valence-electron chi connectivity index (χ2n) is 2.59. The van der Waals surface area contributed by atoms with Crippen LogP contribution in [0.5, 0.6) is 0 Å². The Labute approximate surface area is 77.2 Å². The van der Waals surface area contributed by atoms with Gasteiger partial charge < -0.3 is 5.11 Å². The molecule has 1 heterocycles. The molecular formula is C9H12ClNO. The second-order valence-corrected chi connectivity index (χ2v) is 3.11. The van der Waals surface area contributed by atoms with Crippen molar-refractivity contribution in [2.45, 2.75) is 18.2 Å². The first-order valence-electron chi connectivity index (χ1n) is 4.00. The molecule has 0 spiro atoms. The molecule has 1 N–H and O–H groups in total. The van der Waals surface area contributed by atoms with E-state index in [1.807, 2.05) is 18.2 Å². The number of nitrogens with zero attached hydrogens (tertiary/aromatic N) is 1. The minimum absolute atomic E-state index is 0.0710. The molecule has 66 valence electrons. The van der Waals surface area contributed by atoms with Gasteiger partial charge in [0.25, 0.3) is 0 Å². The topological polar surface area (TPSA) is 33.1 Å². The van der Waals surface area contributed by atoms with Crippen LogP contribution in [-0.4, -0.2) is 16.7 Å². The van der Waals surface area contributed by atoms with Crippen LogP contribution in [-0.2, 0) is 0 Å². The lowest BCUT2D eigenvalue weighted by Gasteiger charge is -2.06. The molecule has 0 aliphatic carbocycles. The number of hydrogen-bond donors (Lipinski definition) is 1. The number of rotatable bonds is 4. The summed E-state index contributed by atoms with van der Waals surface area (Å²) in [6.07, 6.45) is 3.23. The first-order valence-corrected chi connectivity index (χ1v) is 4.44. The minimum atomic E-state index is -0.0710. The van der Waals surface area contributed by atoms with Crippen LogP contribution in [0.3, 0.4) is 0 Å². The fourth-order valence-electron chi connectivity index (χ4n) is 0.980. The molecular weight excluding hydrogens is 174 g/mol. The molecule has 0 fully saturated rings. The molecule has 1 rings (SSSR count). The molecule has 0 aliphatic heterocycles. The van der Waals surface area contributed by atoms with Crippen LogP contribution < -0.4 is 0 Å². The van der Waals surface area contributed by atoms with E-state index in [0.717, 1.165) is 18.5 Å².